The van der Waals surface area contributed by atoms with Crippen LogP contribution in [0.25, 0.3) is 10.8 Å². The van der Waals surface area contributed by atoms with Crippen molar-refractivity contribution in [1.82, 2.24) is 0 Å². The number of hydrogen-bond acceptors (Lipinski definition) is 6. The number of phenols is 1. The highest BCUT2D eigenvalue weighted by molar-refractivity contribution is 6.02. The van der Waals surface area contributed by atoms with E-state index in [2.05, 4.69) is 10.2 Å². The van der Waals surface area contributed by atoms with Crippen LogP contribution >= 0.6 is 0 Å². The molecular weight excluding hydrogens is 384 g/mol. The number of ether oxygens (including phenoxy) is 2. The maximum absolute atomic E-state index is 12.3. The van der Waals surface area contributed by atoms with E-state index in [9.17, 15) is 14.7 Å². The van der Waals surface area contributed by atoms with Crippen LogP contribution < -0.4 is 10.2 Å². The Kier molecular flexibility index (Phi) is 5.81. The van der Waals surface area contributed by atoms with Gasteiger partial charge in [-0.05, 0) is 35.7 Å². The van der Waals surface area contributed by atoms with Crippen molar-refractivity contribution in [3.8, 4) is 5.75 Å². The van der Waals surface area contributed by atoms with Crippen LogP contribution in [0, 0.1) is 0 Å². The normalized spacial score (nSPS) is 13.8. The molecule has 0 aromatic heterocycles. The Labute approximate surface area is 173 Å². The number of morpholine rings is 1. The number of nitrogens with zero attached hydrogens (tertiary/aromatic N) is 1. The average molecular weight is 406 g/mol. The average Bonchev–Trinajstić information content (AvgIpc) is 2.79. The topological polar surface area (TPSA) is 88.1 Å². The van der Waals surface area contributed by atoms with Gasteiger partial charge in [0.15, 0.2) is 6.61 Å². The van der Waals surface area contributed by atoms with Crippen LogP contribution in [0.4, 0.5) is 11.4 Å². The molecule has 2 N–H and O–H groups in total. The second-order valence-electron chi connectivity index (χ2n) is 6.95. The molecule has 0 spiro atoms. The highest BCUT2D eigenvalue weighted by Crippen LogP contribution is 2.29. The summed E-state index contributed by atoms with van der Waals surface area (Å²) in [6.07, 6.45) is 0. The first-order valence-corrected chi connectivity index (χ1v) is 9.72. The van der Waals surface area contributed by atoms with Gasteiger partial charge in [-0.25, -0.2) is 4.79 Å². The molecule has 0 aliphatic carbocycles. The molecule has 0 saturated carbocycles. The summed E-state index contributed by atoms with van der Waals surface area (Å²) < 4.78 is 10.4. The molecule has 7 nitrogen and oxygen atoms in total. The Morgan fingerprint density at radius 2 is 1.73 bits per heavy atom. The lowest BCUT2D eigenvalue weighted by molar-refractivity contribution is -0.119. The van der Waals surface area contributed by atoms with Gasteiger partial charge >= 0.3 is 5.97 Å². The minimum Gasteiger partial charge on any atom is -0.506 e. The van der Waals surface area contributed by atoms with Crippen LogP contribution in [0.3, 0.4) is 0 Å². The number of amides is 1. The molecule has 1 aliphatic rings. The van der Waals surface area contributed by atoms with E-state index in [0.29, 0.717) is 24.3 Å². The highest BCUT2D eigenvalue weighted by Gasteiger charge is 2.17. The molecule has 7 heteroatoms. The quantitative estimate of drug-likeness (QED) is 0.633. The van der Waals surface area contributed by atoms with E-state index in [4.69, 9.17) is 9.47 Å². The van der Waals surface area contributed by atoms with E-state index >= 15 is 0 Å². The van der Waals surface area contributed by atoms with E-state index in [-0.39, 0.29) is 11.3 Å². The van der Waals surface area contributed by atoms with Crippen molar-refractivity contribution in [3.63, 3.8) is 0 Å². The van der Waals surface area contributed by atoms with E-state index < -0.39 is 18.5 Å². The Bertz CT molecular complexity index is 1060. The van der Waals surface area contributed by atoms with Gasteiger partial charge in [0, 0.05) is 29.9 Å². The van der Waals surface area contributed by atoms with Crippen LogP contribution in [0.1, 0.15) is 10.4 Å². The summed E-state index contributed by atoms with van der Waals surface area (Å²) in [7, 11) is 0. The third-order valence-electron chi connectivity index (χ3n) is 4.98. The number of aromatic hydroxyl groups is 1. The minimum absolute atomic E-state index is 0.0244. The van der Waals surface area contributed by atoms with E-state index in [1.807, 2.05) is 24.3 Å². The third kappa shape index (κ3) is 4.36. The lowest BCUT2D eigenvalue weighted by Gasteiger charge is -2.28. The predicted molar refractivity (Wildman–Crippen MR) is 114 cm³/mol. The van der Waals surface area contributed by atoms with Crippen LogP contribution in [0.2, 0.25) is 0 Å². The number of esters is 1. The van der Waals surface area contributed by atoms with Crippen molar-refractivity contribution in [2.24, 2.45) is 0 Å². The zero-order valence-corrected chi connectivity index (χ0v) is 16.3. The number of fused-ring (bicyclic) bond motifs is 1. The molecule has 0 bridgehead atoms. The van der Waals surface area contributed by atoms with Crippen LogP contribution in [0.15, 0.2) is 60.7 Å². The molecule has 0 unspecified atom stereocenters. The van der Waals surface area contributed by atoms with Crippen molar-refractivity contribution < 1.29 is 24.2 Å². The maximum atomic E-state index is 12.3. The van der Waals surface area contributed by atoms with Gasteiger partial charge in [-0.1, -0.05) is 30.3 Å². The smallest absolute Gasteiger partial charge is 0.342 e. The number of phenolic OH excluding ortho intramolecular Hbond substituents is 1. The predicted octanol–water partition coefficient (Wildman–Crippen LogP) is 3.18. The van der Waals surface area contributed by atoms with Crippen LogP contribution in [-0.2, 0) is 14.3 Å². The number of carbonyl (C=O) groups excluding carboxylic acids is 2. The van der Waals surface area contributed by atoms with Gasteiger partial charge in [0.05, 0.1) is 13.2 Å². The summed E-state index contributed by atoms with van der Waals surface area (Å²) >= 11 is 0. The largest absolute Gasteiger partial charge is 0.506 e. The second kappa shape index (κ2) is 8.84. The number of anilines is 2. The molecule has 0 atom stereocenters. The molecule has 3 aromatic carbocycles. The monoisotopic (exact) mass is 406 g/mol. The SMILES string of the molecule is O=C(COC(=O)c1ccc2ccccc2c1O)Nc1ccc(N2CCOCC2)cc1. The van der Waals surface area contributed by atoms with E-state index in [1.165, 1.54) is 6.07 Å². The van der Waals surface area contributed by atoms with Crippen molar-refractivity contribution in [3.05, 3.63) is 66.2 Å². The zero-order chi connectivity index (χ0) is 20.9. The van der Waals surface area contributed by atoms with Gasteiger partial charge in [-0.2, -0.15) is 0 Å². The molecule has 1 saturated heterocycles. The Balaban J connectivity index is 1.33. The first-order valence-electron chi connectivity index (χ1n) is 9.72. The summed E-state index contributed by atoms with van der Waals surface area (Å²) in [6, 6.07) is 17.9. The van der Waals surface area contributed by atoms with Crippen molar-refractivity contribution in [2.75, 3.05) is 43.1 Å². The maximum Gasteiger partial charge on any atom is 0.342 e. The first-order chi connectivity index (χ1) is 14.6. The van der Waals surface area contributed by atoms with Gasteiger partial charge in [-0.3, -0.25) is 4.79 Å². The fourth-order valence-electron chi connectivity index (χ4n) is 3.40. The van der Waals surface area contributed by atoms with E-state index in [0.717, 1.165) is 24.2 Å². The number of benzene rings is 3. The number of hydrogen-bond donors (Lipinski definition) is 2. The van der Waals surface area contributed by atoms with Crippen LogP contribution in [0.5, 0.6) is 5.75 Å². The number of nitrogens with one attached hydrogen (secondary N) is 1. The fourth-order valence-corrected chi connectivity index (χ4v) is 3.40. The van der Waals surface area contributed by atoms with Gasteiger partial charge in [0.2, 0.25) is 0 Å². The molecule has 30 heavy (non-hydrogen) atoms. The van der Waals surface area contributed by atoms with Crippen molar-refractivity contribution in [1.29, 1.82) is 0 Å². The molecule has 154 valence electrons. The van der Waals surface area contributed by atoms with Crippen molar-refractivity contribution in [2.45, 2.75) is 0 Å². The van der Waals surface area contributed by atoms with Gasteiger partial charge in [0.25, 0.3) is 5.91 Å². The van der Waals surface area contributed by atoms with Crippen molar-refractivity contribution >= 4 is 34.0 Å². The summed E-state index contributed by atoms with van der Waals surface area (Å²) in [5.41, 5.74) is 1.70. The number of carbonyl (C=O) groups is 2. The molecule has 1 fully saturated rings. The Morgan fingerprint density at radius 3 is 2.50 bits per heavy atom. The molecule has 4 rings (SSSR count). The van der Waals surface area contributed by atoms with Gasteiger partial charge in [0.1, 0.15) is 11.3 Å². The lowest BCUT2D eigenvalue weighted by atomic mass is 10.1. The molecule has 1 aliphatic heterocycles. The highest BCUT2D eigenvalue weighted by atomic mass is 16.5. The van der Waals surface area contributed by atoms with Gasteiger partial charge < -0.3 is 24.8 Å². The lowest BCUT2D eigenvalue weighted by Crippen LogP contribution is -2.36. The number of rotatable bonds is 5. The van der Waals surface area contributed by atoms with E-state index in [1.54, 1.807) is 30.3 Å². The second-order valence-corrected chi connectivity index (χ2v) is 6.95. The fraction of sp³-hybridized carbons (Fsp3) is 0.217. The Hall–Kier alpha value is -3.58. The minimum atomic E-state index is -0.754. The van der Waals surface area contributed by atoms with Gasteiger partial charge in [-0.15, -0.1) is 0 Å². The Morgan fingerprint density at radius 1 is 1.00 bits per heavy atom. The molecule has 3 aromatic rings. The van der Waals surface area contributed by atoms with Crippen LogP contribution in [-0.4, -0.2) is 49.9 Å². The first kappa shape index (κ1) is 19.7. The summed E-state index contributed by atoms with van der Waals surface area (Å²) in [5.74, 6) is -1.36. The standard InChI is InChI=1S/C23H22N2O5/c26-21(24-17-6-8-18(9-7-17)25-11-13-29-14-12-25)15-30-23(28)20-10-5-16-3-1-2-4-19(16)22(20)27/h1-10,27H,11-15H2,(H,24,26). The molecular formula is C23H22N2O5. The molecule has 1 amide bonds. The molecule has 1 heterocycles. The summed E-state index contributed by atoms with van der Waals surface area (Å²) in [4.78, 5) is 26.7. The molecule has 0 radical (unpaired) electrons. The summed E-state index contributed by atoms with van der Waals surface area (Å²) in [6.45, 7) is 2.64. The summed E-state index contributed by atoms with van der Waals surface area (Å²) in [5, 5.41) is 14.4. The third-order valence-corrected chi connectivity index (χ3v) is 4.98. The zero-order valence-electron chi connectivity index (χ0n) is 16.3.